The van der Waals surface area contributed by atoms with Crippen molar-refractivity contribution < 1.29 is 19.1 Å². The van der Waals surface area contributed by atoms with Gasteiger partial charge in [-0.1, -0.05) is 31.2 Å². The minimum absolute atomic E-state index is 0.128. The first-order valence-corrected chi connectivity index (χ1v) is 13.8. The van der Waals surface area contributed by atoms with Crippen LogP contribution in [0.15, 0.2) is 42.1 Å². The number of anilines is 1. The maximum atomic E-state index is 12.8. The van der Waals surface area contributed by atoms with Crippen LogP contribution >= 0.6 is 23.1 Å². The second-order valence-corrected chi connectivity index (χ2v) is 10.4. The molecule has 8 nitrogen and oxygen atoms in total. The molecule has 0 fully saturated rings. The summed E-state index contributed by atoms with van der Waals surface area (Å²) >= 11 is 2.75. The molecule has 0 unspecified atom stereocenters. The van der Waals surface area contributed by atoms with Gasteiger partial charge in [-0.3, -0.25) is 9.36 Å². The van der Waals surface area contributed by atoms with E-state index in [1.54, 1.807) is 6.08 Å². The van der Waals surface area contributed by atoms with Gasteiger partial charge in [0, 0.05) is 17.0 Å². The van der Waals surface area contributed by atoms with Crippen LogP contribution < -0.4 is 10.1 Å². The van der Waals surface area contributed by atoms with Crippen LogP contribution in [-0.2, 0) is 28.9 Å². The van der Waals surface area contributed by atoms with Crippen LogP contribution in [0.1, 0.15) is 47.0 Å². The molecule has 0 radical (unpaired) electrons. The summed E-state index contributed by atoms with van der Waals surface area (Å²) in [5.74, 6) is 1.02. The summed E-state index contributed by atoms with van der Waals surface area (Å²) in [4.78, 5) is 26.3. The van der Waals surface area contributed by atoms with Gasteiger partial charge in [0.25, 0.3) is 0 Å². The summed E-state index contributed by atoms with van der Waals surface area (Å²) in [5, 5.41) is 12.8. The first-order valence-electron chi connectivity index (χ1n) is 12.0. The number of hydrogen-bond acceptors (Lipinski definition) is 8. The summed E-state index contributed by atoms with van der Waals surface area (Å²) in [6.45, 7) is 7.18. The number of hydrogen-bond donors (Lipinski definition) is 1. The second-order valence-electron chi connectivity index (χ2n) is 8.32. The van der Waals surface area contributed by atoms with Crippen molar-refractivity contribution in [2.45, 2.75) is 50.7 Å². The third-order valence-electron chi connectivity index (χ3n) is 5.80. The maximum absolute atomic E-state index is 12.8. The number of benzene rings is 1. The molecule has 0 spiro atoms. The number of aromatic nitrogens is 3. The van der Waals surface area contributed by atoms with Crippen LogP contribution in [-0.4, -0.2) is 46.1 Å². The fourth-order valence-corrected chi connectivity index (χ4v) is 6.08. The maximum Gasteiger partial charge on any atom is 0.341 e. The summed E-state index contributed by atoms with van der Waals surface area (Å²) in [5.41, 5.74) is 2.40. The highest BCUT2D eigenvalue weighted by atomic mass is 32.2. The van der Waals surface area contributed by atoms with Gasteiger partial charge in [-0.05, 0) is 55.5 Å². The van der Waals surface area contributed by atoms with E-state index in [2.05, 4.69) is 29.0 Å². The molecule has 1 amide bonds. The van der Waals surface area contributed by atoms with E-state index in [0.29, 0.717) is 34.7 Å². The number of ether oxygens (including phenoxy) is 2. The molecule has 1 aromatic carbocycles. The molecule has 36 heavy (non-hydrogen) atoms. The minimum atomic E-state index is -0.408. The Kier molecular flexibility index (Phi) is 8.82. The molecule has 0 atom stereocenters. The van der Waals surface area contributed by atoms with Crippen molar-refractivity contribution in [2.24, 2.45) is 0 Å². The summed E-state index contributed by atoms with van der Waals surface area (Å²) in [6.07, 6.45) is 6.65. The molecule has 0 aliphatic heterocycles. The number of fused-ring (bicyclic) bond motifs is 1. The summed E-state index contributed by atoms with van der Waals surface area (Å²) < 4.78 is 12.6. The molecule has 1 aliphatic rings. The third kappa shape index (κ3) is 5.82. The summed E-state index contributed by atoms with van der Waals surface area (Å²) in [6, 6.07) is 7.76. The Bertz CT molecular complexity index is 1230. The van der Waals surface area contributed by atoms with E-state index < -0.39 is 5.97 Å². The molecule has 2 aromatic heterocycles. The highest BCUT2D eigenvalue weighted by Crippen LogP contribution is 2.39. The van der Waals surface area contributed by atoms with Gasteiger partial charge in [-0.15, -0.1) is 28.1 Å². The molecule has 4 rings (SSSR count). The lowest BCUT2D eigenvalue weighted by Crippen LogP contribution is -2.16. The molecule has 0 saturated heterocycles. The zero-order chi connectivity index (χ0) is 25.5. The number of thiophene rings is 1. The minimum Gasteiger partial charge on any atom is -0.494 e. The normalized spacial score (nSPS) is 12.3. The average Bonchev–Trinajstić information content (AvgIpc) is 3.58. The Labute approximate surface area is 219 Å². The Hall–Kier alpha value is -3.11. The van der Waals surface area contributed by atoms with Gasteiger partial charge < -0.3 is 14.8 Å². The van der Waals surface area contributed by atoms with Gasteiger partial charge in [0.1, 0.15) is 10.8 Å². The van der Waals surface area contributed by atoms with E-state index in [0.717, 1.165) is 53.9 Å². The predicted octanol–water partition coefficient (Wildman–Crippen LogP) is 5.38. The van der Waals surface area contributed by atoms with Gasteiger partial charge in [0.15, 0.2) is 11.0 Å². The number of nitrogens with zero attached hydrogens (tertiary/aromatic N) is 3. The molecule has 1 N–H and O–H groups in total. The number of aryl methyl sites for hydroxylation is 1. The first-order chi connectivity index (χ1) is 17.5. The van der Waals surface area contributed by atoms with Crippen molar-refractivity contribution in [3.63, 3.8) is 0 Å². The number of rotatable bonds is 12. The van der Waals surface area contributed by atoms with Gasteiger partial charge in [0.05, 0.1) is 25.0 Å². The van der Waals surface area contributed by atoms with Gasteiger partial charge in [-0.25, -0.2) is 4.79 Å². The van der Waals surface area contributed by atoms with Crippen molar-refractivity contribution in [2.75, 3.05) is 24.8 Å². The molecular weight excluding hydrogens is 496 g/mol. The summed E-state index contributed by atoms with van der Waals surface area (Å²) in [7, 11) is 1.36. The highest BCUT2D eigenvalue weighted by Gasteiger charge is 2.28. The van der Waals surface area contributed by atoms with E-state index in [4.69, 9.17) is 9.47 Å². The smallest absolute Gasteiger partial charge is 0.341 e. The van der Waals surface area contributed by atoms with Crippen molar-refractivity contribution in [3.05, 3.63) is 52.9 Å². The van der Waals surface area contributed by atoms with Crippen LogP contribution in [0.4, 0.5) is 5.00 Å². The Morgan fingerprint density at radius 3 is 2.78 bits per heavy atom. The highest BCUT2D eigenvalue weighted by molar-refractivity contribution is 7.99. The fraction of sp³-hybridized carbons (Fsp3) is 0.385. The molecular formula is C26H30N4O4S2. The van der Waals surface area contributed by atoms with Gasteiger partial charge >= 0.3 is 5.97 Å². The fourth-order valence-electron chi connectivity index (χ4n) is 4.04. The molecule has 0 saturated carbocycles. The number of esters is 1. The predicted molar refractivity (Wildman–Crippen MR) is 143 cm³/mol. The molecule has 1 aliphatic carbocycles. The van der Waals surface area contributed by atoms with E-state index >= 15 is 0 Å². The molecule has 2 heterocycles. The Morgan fingerprint density at radius 1 is 1.25 bits per heavy atom. The zero-order valence-corrected chi connectivity index (χ0v) is 22.2. The lowest BCUT2D eigenvalue weighted by Gasteiger charge is -2.10. The average molecular weight is 527 g/mol. The Balaban J connectivity index is 1.44. The zero-order valence-electron chi connectivity index (χ0n) is 20.5. The number of unbranched alkanes of at least 4 members (excludes halogenated alkanes) is 1. The number of thioether (sulfide) groups is 1. The van der Waals surface area contributed by atoms with Gasteiger partial charge in [-0.2, -0.15) is 0 Å². The van der Waals surface area contributed by atoms with Crippen molar-refractivity contribution in [1.82, 2.24) is 14.8 Å². The second kappa shape index (κ2) is 12.2. The number of carbonyl (C=O) groups excluding carboxylic acids is 2. The van der Waals surface area contributed by atoms with Crippen LogP contribution in [0, 0.1) is 0 Å². The lowest BCUT2D eigenvalue weighted by atomic mass is 10.1. The van der Waals surface area contributed by atoms with Crippen LogP contribution in [0.3, 0.4) is 0 Å². The first kappa shape index (κ1) is 26.0. The van der Waals surface area contributed by atoms with Crippen LogP contribution in [0.5, 0.6) is 5.75 Å². The quantitative estimate of drug-likeness (QED) is 0.147. The van der Waals surface area contributed by atoms with E-state index in [1.165, 1.54) is 30.2 Å². The molecule has 0 bridgehead atoms. The van der Waals surface area contributed by atoms with Crippen molar-refractivity contribution >= 4 is 40.0 Å². The van der Waals surface area contributed by atoms with Crippen molar-refractivity contribution in [3.8, 4) is 17.1 Å². The number of amides is 1. The molecule has 10 heteroatoms. The van der Waals surface area contributed by atoms with Crippen molar-refractivity contribution in [1.29, 1.82) is 0 Å². The van der Waals surface area contributed by atoms with Crippen LogP contribution in [0.25, 0.3) is 11.4 Å². The third-order valence-corrected chi connectivity index (χ3v) is 7.98. The van der Waals surface area contributed by atoms with E-state index in [9.17, 15) is 9.59 Å². The SMILES string of the molecule is C=CCn1c(SCC(=O)Nc2sc3c(c2C(=O)OC)CCC3)nnc1-c1ccc(OCCCC)cc1. The number of nitrogens with one attached hydrogen (secondary N) is 1. The molecule has 3 aromatic rings. The monoisotopic (exact) mass is 526 g/mol. The van der Waals surface area contributed by atoms with Crippen LogP contribution in [0.2, 0.25) is 0 Å². The van der Waals surface area contributed by atoms with Gasteiger partial charge in [0.2, 0.25) is 5.91 Å². The van der Waals surface area contributed by atoms with E-state index in [-0.39, 0.29) is 11.7 Å². The number of methoxy groups -OCH3 is 1. The Morgan fingerprint density at radius 2 is 2.06 bits per heavy atom. The largest absolute Gasteiger partial charge is 0.494 e. The standard InChI is InChI=1S/C26H30N4O4S2/c1-4-6-15-34-18-12-10-17(11-13-18)23-28-29-26(30(23)14-5-2)35-16-21(31)27-24-22(25(32)33-3)19-8-7-9-20(19)36-24/h5,10-13H,2,4,6-9,14-16H2,1,3H3,(H,27,31). The number of allylic oxidation sites excluding steroid dienone is 1. The number of carbonyl (C=O) groups is 2. The lowest BCUT2D eigenvalue weighted by molar-refractivity contribution is -0.113. The topological polar surface area (TPSA) is 95.3 Å². The van der Waals surface area contributed by atoms with E-state index in [1.807, 2.05) is 28.8 Å². The molecule has 190 valence electrons.